The summed E-state index contributed by atoms with van der Waals surface area (Å²) in [6, 6.07) is 6.85. The second-order valence-corrected chi connectivity index (χ2v) is 6.61. The Balaban J connectivity index is 1.98. The zero-order valence-electron chi connectivity index (χ0n) is 14.4. The molecule has 6 heteroatoms. The van der Waals surface area contributed by atoms with Gasteiger partial charge in [-0.25, -0.2) is 0 Å². The maximum atomic E-state index is 12.4. The van der Waals surface area contributed by atoms with Crippen LogP contribution in [0.4, 0.5) is 5.69 Å². The second-order valence-electron chi connectivity index (χ2n) is 6.61. The van der Waals surface area contributed by atoms with Gasteiger partial charge in [-0.1, -0.05) is 19.9 Å². The van der Waals surface area contributed by atoms with Gasteiger partial charge in [0.25, 0.3) is 11.8 Å². The summed E-state index contributed by atoms with van der Waals surface area (Å²) in [5.74, 6) is 0.111. The Morgan fingerprint density at radius 3 is 2.79 bits per heavy atom. The highest BCUT2D eigenvalue weighted by Gasteiger charge is 2.23. The van der Waals surface area contributed by atoms with Gasteiger partial charge in [-0.2, -0.15) is 0 Å². The fraction of sp³-hybridized carbons (Fsp3) is 0.556. The highest BCUT2D eigenvalue weighted by Crippen LogP contribution is 2.16. The summed E-state index contributed by atoms with van der Waals surface area (Å²) in [5.41, 5.74) is 6.82. The molecule has 2 unspecified atom stereocenters. The van der Waals surface area contributed by atoms with Gasteiger partial charge in [0.1, 0.15) is 6.10 Å². The lowest BCUT2D eigenvalue weighted by molar-refractivity contribution is -0.124. The Kier molecular flexibility index (Phi) is 6.75. The molecule has 6 nitrogen and oxygen atoms in total. The van der Waals surface area contributed by atoms with E-state index in [1.165, 1.54) is 0 Å². The van der Waals surface area contributed by atoms with E-state index in [1.807, 2.05) is 0 Å². The molecule has 0 spiro atoms. The highest BCUT2D eigenvalue weighted by atomic mass is 16.5. The molecule has 0 radical (unpaired) electrons. The van der Waals surface area contributed by atoms with Crippen LogP contribution in [0, 0.1) is 5.92 Å². The molecule has 1 heterocycles. The molecular weight excluding hydrogens is 306 g/mol. The lowest BCUT2D eigenvalue weighted by atomic mass is 10.0. The van der Waals surface area contributed by atoms with Gasteiger partial charge in [0.15, 0.2) is 0 Å². The van der Waals surface area contributed by atoms with Crippen molar-refractivity contribution in [3.05, 3.63) is 29.8 Å². The first-order chi connectivity index (χ1) is 11.5. The number of amides is 2. The van der Waals surface area contributed by atoms with Crippen molar-refractivity contribution in [3.63, 3.8) is 0 Å². The fourth-order valence-electron chi connectivity index (χ4n) is 2.80. The van der Waals surface area contributed by atoms with Crippen molar-refractivity contribution in [1.82, 2.24) is 5.32 Å². The largest absolute Gasteiger partial charge is 0.368 e. The summed E-state index contributed by atoms with van der Waals surface area (Å²) >= 11 is 0. The molecule has 1 saturated heterocycles. The first-order valence-electron chi connectivity index (χ1n) is 8.53. The number of hydrogen-bond acceptors (Lipinski definition) is 4. The Morgan fingerprint density at radius 2 is 2.17 bits per heavy atom. The van der Waals surface area contributed by atoms with Crippen LogP contribution >= 0.6 is 0 Å². The maximum Gasteiger partial charge on any atom is 0.253 e. The normalized spacial score (nSPS) is 18.4. The van der Waals surface area contributed by atoms with Crippen molar-refractivity contribution in [2.75, 3.05) is 18.5 Å². The van der Waals surface area contributed by atoms with Crippen molar-refractivity contribution in [2.45, 2.75) is 45.3 Å². The third-order valence-electron chi connectivity index (χ3n) is 3.99. The van der Waals surface area contributed by atoms with Crippen LogP contribution in [-0.2, 0) is 9.53 Å². The smallest absolute Gasteiger partial charge is 0.253 e. The van der Waals surface area contributed by atoms with Crippen molar-refractivity contribution >= 4 is 17.5 Å². The van der Waals surface area contributed by atoms with E-state index in [4.69, 9.17) is 10.5 Å². The number of ether oxygens (including phenoxy) is 1. The Labute approximate surface area is 143 Å². The van der Waals surface area contributed by atoms with Gasteiger partial charge in [0.05, 0.1) is 0 Å². The molecule has 1 aliphatic heterocycles. The molecule has 1 fully saturated rings. The number of anilines is 1. The van der Waals surface area contributed by atoms with E-state index >= 15 is 0 Å². The van der Waals surface area contributed by atoms with Crippen molar-refractivity contribution in [3.8, 4) is 0 Å². The SMILES string of the molecule is CC(C)CC(CN)NC(=O)c1cccc(NC(=O)C2CCCO2)c1. The summed E-state index contributed by atoms with van der Waals surface area (Å²) in [4.78, 5) is 24.5. The topological polar surface area (TPSA) is 93.5 Å². The molecule has 1 aliphatic rings. The third-order valence-corrected chi connectivity index (χ3v) is 3.99. The molecular formula is C18H27N3O3. The standard InChI is InChI=1S/C18H27N3O3/c1-12(2)9-15(11-19)21-17(22)13-5-3-6-14(10-13)20-18(23)16-7-4-8-24-16/h3,5-6,10,12,15-16H,4,7-9,11,19H2,1-2H3,(H,20,23)(H,21,22). The maximum absolute atomic E-state index is 12.4. The van der Waals surface area contributed by atoms with E-state index in [1.54, 1.807) is 24.3 Å². The number of rotatable bonds is 7. The first-order valence-corrected chi connectivity index (χ1v) is 8.53. The van der Waals surface area contributed by atoms with E-state index in [0.717, 1.165) is 19.3 Å². The summed E-state index contributed by atoms with van der Waals surface area (Å²) in [6.45, 7) is 5.21. The molecule has 2 rings (SSSR count). The van der Waals surface area contributed by atoms with Crippen LogP contribution in [0.25, 0.3) is 0 Å². The molecule has 0 bridgehead atoms. The van der Waals surface area contributed by atoms with Crippen LogP contribution in [-0.4, -0.2) is 37.1 Å². The molecule has 2 atom stereocenters. The minimum Gasteiger partial charge on any atom is -0.368 e. The average molecular weight is 333 g/mol. The molecule has 1 aromatic carbocycles. The first kappa shape index (κ1) is 18.4. The van der Waals surface area contributed by atoms with Gasteiger partial charge >= 0.3 is 0 Å². The van der Waals surface area contributed by atoms with Crippen molar-refractivity contribution in [2.24, 2.45) is 11.7 Å². The monoisotopic (exact) mass is 333 g/mol. The third kappa shape index (κ3) is 5.32. The minimum atomic E-state index is -0.393. The predicted octanol–water partition coefficient (Wildman–Crippen LogP) is 1.91. The molecule has 132 valence electrons. The van der Waals surface area contributed by atoms with E-state index in [9.17, 15) is 9.59 Å². The number of hydrogen-bond donors (Lipinski definition) is 3. The van der Waals surface area contributed by atoms with E-state index in [0.29, 0.717) is 30.3 Å². The van der Waals surface area contributed by atoms with E-state index in [-0.39, 0.29) is 17.9 Å². The Bertz CT molecular complexity index is 568. The fourth-order valence-corrected chi connectivity index (χ4v) is 2.80. The van der Waals surface area contributed by atoms with Gasteiger partial charge in [0, 0.05) is 30.4 Å². The summed E-state index contributed by atoms with van der Waals surface area (Å²) in [7, 11) is 0. The van der Waals surface area contributed by atoms with Crippen LogP contribution in [0.15, 0.2) is 24.3 Å². The van der Waals surface area contributed by atoms with Crippen LogP contribution < -0.4 is 16.4 Å². The lowest BCUT2D eigenvalue weighted by Gasteiger charge is -2.19. The molecule has 0 aliphatic carbocycles. The summed E-state index contributed by atoms with van der Waals surface area (Å²) < 4.78 is 5.36. The highest BCUT2D eigenvalue weighted by molar-refractivity contribution is 5.98. The zero-order chi connectivity index (χ0) is 17.5. The molecule has 0 aromatic heterocycles. The molecule has 24 heavy (non-hydrogen) atoms. The van der Waals surface area contributed by atoms with Crippen LogP contribution in [0.2, 0.25) is 0 Å². The quantitative estimate of drug-likeness (QED) is 0.710. The minimum absolute atomic E-state index is 0.0531. The van der Waals surface area contributed by atoms with E-state index in [2.05, 4.69) is 24.5 Å². The molecule has 1 aromatic rings. The second kappa shape index (κ2) is 8.80. The van der Waals surface area contributed by atoms with Crippen LogP contribution in [0.1, 0.15) is 43.5 Å². The Morgan fingerprint density at radius 1 is 1.38 bits per heavy atom. The van der Waals surface area contributed by atoms with Crippen molar-refractivity contribution in [1.29, 1.82) is 0 Å². The summed E-state index contributed by atoms with van der Waals surface area (Å²) in [6.07, 6.45) is 2.07. The number of benzene rings is 1. The zero-order valence-corrected chi connectivity index (χ0v) is 14.4. The van der Waals surface area contributed by atoms with Crippen LogP contribution in [0.5, 0.6) is 0 Å². The van der Waals surface area contributed by atoms with Gasteiger partial charge in [0.2, 0.25) is 0 Å². The average Bonchev–Trinajstić information content (AvgIpc) is 3.08. The molecule has 2 amide bonds. The number of nitrogens with one attached hydrogen (secondary N) is 2. The number of carbonyl (C=O) groups excluding carboxylic acids is 2. The van der Waals surface area contributed by atoms with E-state index < -0.39 is 6.10 Å². The molecule has 4 N–H and O–H groups in total. The molecule has 0 saturated carbocycles. The van der Waals surface area contributed by atoms with Crippen LogP contribution in [0.3, 0.4) is 0 Å². The van der Waals surface area contributed by atoms with Gasteiger partial charge in [-0.3, -0.25) is 9.59 Å². The number of carbonyl (C=O) groups is 2. The number of nitrogens with two attached hydrogens (primary N) is 1. The van der Waals surface area contributed by atoms with Gasteiger partial charge in [-0.15, -0.1) is 0 Å². The van der Waals surface area contributed by atoms with Gasteiger partial charge in [-0.05, 0) is 43.4 Å². The van der Waals surface area contributed by atoms with Crippen molar-refractivity contribution < 1.29 is 14.3 Å². The summed E-state index contributed by atoms with van der Waals surface area (Å²) in [5, 5.41) is 5.76. The lowest BCUT2D eigenvalue weighted by Crippen LogP contribution is -2.41. The predicted molar refractivity (Wildman–Crippen MR) is 93.8 cm³/mol. The Hall–Kier alpha value is -1.92. The van der Waals surface area contributed by atoms with Gasteiger partial charge < -0.3 is 21.1 Å².